The van der Waals surface area contributed by atoms with Crippen molar-refractivity contribution < 1.29 is 33.8 Å². The first-order valence-electron chi connectivity index (χ1n) is 11.2. The van der Waals surface area contributed by atoms with Crippen molar-refractivity contribution in [2.45, 2.75) is 13.5 Å². The van der Waals surface area contributed by atoms with Crippen molar-refractivity contribution in [3.05, 3.63) is 94.0 Å². The fourth-order valence-electron chi connectivity index (χ4n) is 3.56. The van der Waals surface area contributed by atoms with Crippen molar-refractivity contribution in [1.82, 2.24) is 5.32 Å². The van der Waals surface area contributed by atoms with Crippen LogP contribution in [0.25, 0.3) is 6.08 Å². The van der Waals surface area contributed by atoms with E-state index in [2.05, 4.69) is 5.32 Å². The highest BCUT2D eigenvalue weighted by molar-refractivity contribution is 6.39. The van der Waals surface area contributed by atoms with Crippen LogP contribution in [0.3, 0.4) is 0 Å². The number of anilines is 1. The highest BCUT2D eigenvalue weighted by Gasteiger charge is 2.36. The molecule has 0 aliphatic carbocycles. The Morgan fingerprint density at radius 3 is 2.32 bits per heavy atom. The van der Waals surface area contributed by atoms with Gasteiger partial charge in [0.2, 0.25) is 0 Å². The maximum atomic E-state index is 13.1. The van der Waals surface area contributed by atoms with Gasteiger partial charge in [0, 0.05) is 5.02 Å². The number of carbonyl (C=O) groups is 4. The van der Waals surface area contributed by atoms with Gasteiger partial charge in [0.1, 0.15) is 12.2 Å². The number of carboxylic acid groups (broad SMARTS) is 1. The van der Waals surface area contributed by atoms with E-state index in [-0.39, 0.29) is 23.4 Å². The number of carboxylic acids is 1. The predicted octanol–water partition coefficient (Wildman–Crippen LogP) is 4.68. The minimum absolute atomic E-state index is 0.166. The van der Waals surface area contributed by atoms with Gasteiger partial charge in [-0.25, -0.2) is 14.5 Å². The molecule has 1 aliphatic rings. The maximum Gasteiger partial charge on any atom is 0.335 e. The van der Waals surface area contributed by atoms with Crippen molar-refractivity contribution in [2.75, 3.05) is 11.5 Å². The van der Waals surface area contributed by atoms with Crippen molar-refractivity contribution in [3.63, 3.8) is 0 Å². The zero-order valence-electron chi connectivity index (χ0n) is 19.6. The third-order valence-corrected chi connectivity index (χ3v) is 5.61. The van der Waals surface area contributed by atoms with Crippen molar-refractivity contribution in [1.29, 1.82) is 0 Å². The van der Waals surface area contributed by atoms with Gasteiger partial charge in [-0.1, -0.05) is 29.8 Å². The van der Waals surface area contributed by atoms with Crippen molar-refractivity contribution >= 4 is 47.2 Å². The number of barbiturate groups is 1. The van der Waals surface area contributed by atoms with E-state index in [0.717, 1.165) is 10.5 Å². The molecule has 0 saturated carbocycles. The second-order valence-electron chi connectivity index (χ2n) is 7.86. The zero-order valence-corrected chi connectivity index (χ0v) is 20.3. The minimum atomic E-state index is -1.01. The first-order chi connectivity index (χ1) is 17.8. The van der Waals surface area contributed by atoms with E-state index in [1.54, 1.807) is 37.3 Å². The van der Waals surface area contributed by atoms with Crippen LogP contribution in [0.5, 0.6) is 11.5 Å². The van der Waals surface area contributed by atoms with Gasteiger partial charge in [-0.15, -0.1) is 0 Å². The van der Waals surface area contributed by atoms with Gasteiger partial charge in [0.15, 0.2) is 11.5 Å². The summed E-state index contributed by atoms with van der Waals surface area (Å²) in [5.41, 5.74) is 1.44. The molecule has 0 atom stereocenters. The molecule has 37 heavy (non-hydrogen) atoms. The number of hydrogen-bond acceptors (Lipinski definition) is 6. The van der Waals surface area contributed by atoms with Gasteiger partial charge in [-0.05, 0) is 72.7 Å². The van der Waals surface area contributed by atoms with Crippen LogP contribution in [0.15, 0.2) is 72.3 Å². The Balaban J connectivity index is 1.57. The summed E-state index contributed by atoms with van der Waals surface area (Å²) in [5, 5.41) is 11.6. The molecule has 1 heterocycles. The summed E-state index contributed by atoms with van der Waals surface area (Å²) in [7, 11) is 0. The number of hydrogen-bond donors (Lipinski definition) is 2. The van der Waals surface area contributed by atoms with Crippen LogP contribution in [-0.2, 0) is 16.2 Å². The smallest absolute Gasteiger partial charge is 0.335 e. The molecule has 1 fully saturated rings. The molecule has 0 radical (unpaired) electrons. The Hall–Kier alpha value is -4.63. The van der Waals surface area contributed by atoms with Gasteiger partial charge in [0.05, 0.1) is 17.9 Å². The molecular formula is C27H21ClN2O7. The van der Waals surface area contributed by atoms with Crippen LogP contribution in [0.1, 0.15) is 28.4 Å². The molecule has 0 spiro atoms. The predicted molar refractivity (Wildman–Crippen MR) is 136 cm³/mol. The Kier molecular flexibility index (Phi) is 7.55. The molecule has 2 N–H and O–H groups in total. The second-order valence-corrected chi connectivity index (χ2v) is 8.30. The fourth-order valence-corrected chi connectivity index (χ4v) is 3.68. The largest absolute Gasteiger partial charge is 0.490 e. The molecular weight excluding hydrogens is 500 g/mol. The number of amides is 4. The van der Waals surface area contributed by atoms with Crippen molar-refractivity contribution in [2.24, 2.45) is 0 Å². The van der Waals surface area contributed by atoms with Gasteiger partial charge in [-0.3, -0.25) is 14.9 Å². The maximum absolute atomic E-state index is 13.1. The molecule has 0 bridgehead atoms. The summed E-state index contributed by atoms with van der Waals surface area (Å²) < 4.78 is 11.5. The van der Waals surface area contributed by atoms with Crippen LogP contribution in [0.2, 0.25) is 5.02 Å². The van der Waals surface area contributed by atoms with Gasteiger partial charge in [-0.2, -0.15) is 0 Å². The number of rotatable bonds is 8. The molecule has 3 aromatic rings. The molecule has 0 aromatic heterocycles. The Morgan fingerprint density at radius 2 is 1.68 bits per heavy atom. The van der Waals surface area contributed by atoms with Crippen molar-refractivity contribution in [3.8, 4) is 11.5 Å². The second kappa shape index (κ2) is 11.0. The third-order valence-electron chi connectivity index (χ3n) is 5.36. The minimum Gasteiger partial charge on any atom is -0.490 e. The monoisotopic (exact) mass is 520 g/mol. The first kappa shape index (κ1) is 25.5. The Labute approximate surface area is 216 Å². The number of urea groups is 1. The standard InChI is InChI=1S/C27H21ClN2O7/c1-2-36-23-14-17(5-12-22(23)37-15-16-3-6-18(7-4-16)26(33)34)13-21-24(31)29-27(35)30(25(21)32)20-10-8-19(28)9-11-20/h3-14H,2,15H2,1H3,(H,33,34)(H,29,31,35)/b21-13+. The number of aromatic carboxylic acids is 1. The molecule has 188 valence electrons. The molecule has 9 nitrogen and oxygen atoms in total. The lowest BCUT2D eigenvalue weighted by Crippen LogP contribution is -2.54. The van der Waals surface area contributed by atoms with Crippen LogP contribution < -0.4 is 19.7 Å². The van der Waals surface area contributed by atoms with Gasteiger partial charge in [0.25, 0.3) is 11.8 Å². The third kappa shape index (κ3) is 5.79. The van der Waals surface area contributed by atoms with Gasteiger partial charge >= 0.3 is 12.0 Å². The molecule has 4 rings (SSSR count). The molecule has 0 unspecified atom stereocenters. The average Bonchev–Trinajstić information content (AvgIpc) is 2.87. The highest BCUT2D eigenvalue weighted by Crippen LogP contribution is 2.31. The van der Waals surface area contributed by atoms with Crippen LogP contribution in [-0.4, -0.2) is 35.5 Å². The topological polar surface area (TPSA) is 122 Å². The lowest BCUT2D eigenvalue weighted by molar-refractivity contribution is -0.122. The van der Waals surface area contributed by atoms with E-state index >= 15 is 0 Å². The first-order valence-corrected chi connectivity index (χ1v) is 11.5. The Bertz CT molecular complexity index is 1400. The van der Waals surface area contributed by atoms with E-state index in [4.69, 9.17) is 26.2 Å². The van der Waals surface area contributed by atoms with E-state index in [9.17, 15) is 19.2 Å². The van der Waals surface area contributed by atoms with Crippen LogP contribution >= 0.6 is 11.6 Å². The summed E-state index contributed by atoms with van der Waals surface area (Å²) in [5.74, 6) is -1.80. The summed E-state index contributed by atoms with van der Waals surface area (Å²) in [6, 6.07) is 16.4. The molecule has 3 aromatic carbocycles. The molecule has 4 amide bonds. The van der Waals surface area contributed by atoms with Crippen LogP contribution in [0, 0.1) is 0 Å². The lowest BCUT2D eigenvalue weighted by Gasteiger charge is -2.26. The number of ether oxygens (including phenoxy) is 2. The van der Waals surface area contributed by atoms with E-state index in [1.165, 1.54) is 42.5 Å². The number of halogens is 1. The fraction of sp³-hybridized carbons (Fsp3) is 0.111. The Morgan fingerprint density at radius 1 is 0.973 bits per heavy atom. The number of nitrogens with one attached hydrogen (secondary N) is 1. The number of carbonyl (C=O) groups excluding carboxylic acids is 3. The normalized spacial score (nSPS) is 14.5. The van der Waals surface area contributed by atoms with Gasteiger partial charge < -0.3 is 14.6 Å². The summed E-state index contributed by atoms with van der Waals surface area (Å²) in [6.07, 6.45) is 1.37. The summed E-state index contributed by atoms with van der Waals surface area (Å²) in [4.78, 5) is 49.8. The quantitative estimate of drug-likeness (QED) is 0.326. The SMILES string of the molecule is CCOc1cc(/C=C2\C(=O)NC(=O)N(c3ccc(Cl)cc3)C2=O)ccc1OCc1ccc(C(=O)O)cc1. The number of nitrogens with zero attached hydrogens (tertiary/aromatic N) is 1. The average molecular weight is 521 g/mol. The van der Waals surface area contributed by atoms with E-state index < -0.39 is 23.8 Å². The van der Waals surface area contributed by atoms with E-state index in [1.807, 2.05) is 0 Å². The molecule has 1 aliphatic heterocycles. The molecule has 1 saturated heterocycles. The summed E-state index contributed by atoms with van der Waals surface area (Å²) >= 11 is 5.90. The number of benzene rings is 3. The summed E-state index contributed by atoms with van der Waals surface area (Å²) in [6.45, 7) is 2.30. The molecule has 10 heteroatoms. The zero-order chi connectivity index (χ0) is 26.5. The van der Waals surface area contributed by atoms with Crippen LogP contribution in [0.4, 0.5) is 10.5 Å². The lowest BCUT2D eigenvalue weighted by atomic mass is 10.1. The number of imide groups is 2. The van der Waals surface area contributed by atoms with E-state index in [0.29, 0.717) is 28.7 Å². The highest BCUT2D eigenvalue weighted by atomic mass is 35.5.